The fourth-order valence-corrected chi connectivity index (χ4v) is 5.92. The van der Waals surface area contributed by atoms with Crippen LogP contribution in [0.4, 0.5) is 0 Å². The molecule has 0 atom stereocenters. The summed E-state index contributed by atoms with van der Waals surface area (Å²) in [4.78, 5) is 15.1. The van der Waals surface area contributed by atoms with Gasteiger partial charge in [-0.05, 0) is 55.9 Å². The van der Waals surface area contributed by atoms with Gasteiger partial charge in [-0.25, -0.2) is 15.0 Å². The van der Waals surface area contributed by atoms with Gasteiger partial charge in [0.25, 0.3) is 0 Å². The van der Waals surface area contributed by atoms with Gasteiger partial charge >= 0.3 is 0 Å². The molecule has 0 aliphatic carbocycles. The van der Waals surface area contributed by atoms with Crippen LogP contribution in [0.15, 0.2) is 164 Å². The van der Waals surface area contributed by atoms with E-state index in [1.165, 1.54) is 27.3 Å². The third kappa shape index (κ3) is 4.81. The third-order valence-electron chi connectivity index (χ3n) is 8.12. The van der Waals surface area contributed by atoms with Crippen LogP contribution in [0.2, 0.25) is 0 Å². The summed E-state index contributed by atoms with van der Waals surface area (Å²) in [5, 5.41) is 4.77. The van der Waals surface area contributed by atoms with E-state index in [2.05, 4.69) is 127 Å². The van der Waals surface area contributed by atoms with Gasteiger partial charge in [-0.2, -0.15) is 0 Å². The number of hydrogen-bond acceptors (Lipinski definition) is 3. The molecule has 7 aromatic carbocycles. The summed E-state index contributed by atoms with van der Waals surface area (Å²) in [6, 6.07) is 57.0. The molecule has 8 aromatic rings. The van der Waals surface area contributed by atoms with Crippen LogP contribution in [0.1, 0.15) is 0 Å². The maximum Gasteiger partial charge on any atom is 0.164 e. The molecule has 0 N–H and O–H groups in total. The zero-order chi connectivity index (χ0) is 29.3. The summed E-state index contributed by atoms with van der Waals surface area (Å²) in [7, 11) is 0. The minimum Gasteiger partial charge on any atom is -0.208 e. The molecule has 3 heteroatoms. The van der Waals surface area contributed by atoms with Crippen molar-refractivity contribution in [2.75, 3.05) is 0 Å². The molecule has 44 heavy (non-hydrogen) atoms. The van der Waals surface area contributed by atoms with E-state index in [9.17, 15) is 0 Å². The molecule has 3 nitrogen and oxygen atoms in total. The van der Waals surface area contributed by atoms with Crippen molar-refractivity contribution in [3.05, 3.63) is 164 Å². The molecular weight excluding hydrogens is 534 g/mol. The summed E-state index contributed by atoms with van der Waals surface area (Å²) in [5.74, 6) is 1.94. The molecule has 0 aliphatic heterocycles. The van der Waals surface area contributed by atoms with Crippen LogP contribution >= 0.6 is 0 Å². The summed E-state index contributed by atoms with van der Waals surface area (Å²) in [6.45, 7) is 0. The van der Waals surface area contributed by atoms with Crippen molar-refractivity contribution < 1.29 is 0 Å². The van der Waals surface area contributed by atoms with E-state index in [0.717, 1.165) is 33.2 Å². The first-order valence-electron chi connectivity index (χ1n) is 14.8. The van der Waals surface area contributed by atoms with E-state index in [1.54, 1.807) is 0 Å². The molecule has 0 aliphatic rings. The number of fused-ring (bicyclic) bond motifs is 2. The normalized spacial score (nSPS) is 11.2. The average molecular weight is 562 g/mol. The van der Waals surface area contributed by atoms with E-state index >= 15 is 0 Å². The number of nitrogens with zero attached hydrogens (tertiary/aromatic N) is 3. The predicted octanol–water partition coefficient (Wildman–Crippen LogP) is 10.5. The van der Waals surface area contributed by atoms with Gasteiger partial charge in [0, 0.05) is 16.7 Å². The monoisotopic (exact) mass is 561 g/mol. The molecule has 8 rings (SSSR count). The summed E-state index contributed by atoms with van der Waals surface area (Å²) >= 11 is 0. The molecular formula is C41H27N3. The molecule has 0 bridgehead atoms. The summed E-state index contributed by atoms with van der Waals surface area (Å²) in [5.41, 5.74) is 7.53. The molecule has 0 amide bonds. The van der Waals surface area contributed by atoms with Crippen LogP contribution in [0, 0.1) is 0 Å². The Kier molecular flexibility index (Phi) is 6.47. The van der Waals surface area contributed by atoms with Crippen molar-refractivity contribution in [2.24, 2.45) is 0 Å². The highest BCUT2D eigenvalue weighted by Gasteiger charge is 2.16. The number of aromatic nitrogens is 3. The van der Waals surface area contributed by atoms with E-state index < -0.39 is 0 Å². The molecule has 0 unspecified atom stereocenters. The predicted molar refractivity (Wildman–Crippen MR) is 182 cm³/mol. The molecule has 1 heterocycles. The van der Waals surface area contributed by atoms with Crippen molar-refractivity contribution in [3.63, 3.8) is 0 Å². The van der Waals surface area contributed by atoms with Gasteiger partial charge in [0.2, 0.25) is 0 Å². The summed E-state index contributed by atoms with van der Waals surface area (Å²) < 4.78 is 0. The first kappa shape index (κ1) is 25.8. The Labute approximate surface area is 256 Å². The van der Waals surface area contributed by atoms with Gasteiger partial charge in [0.05, 0.1) is 0 Å². The second kappa shape index (κ2) is 11.0. The van der Waals surface area contributed by atoms with Crippen molar-refractivity contribution in [3.8, 4) is 56.4 Å². The summed E-state index contributed by atoms with van der Waals surface area (Å²) in [6.07, 6.45) is 0. The van der Waals surface area contributed by atoms with Crippen LogP contribution < -0.4 is 0 Å². The largest absolute Gasteiger partial charge is 0.208 e. The van der Waals surface area contributed by atoms with Gasteiger partial charge < -0.3 is 0 Å². The second-order valence-electron chi connectivity index (χ2n) is 10.9. The minimum absolute atomic E-state index is 0.647. The quantitative estimate of drug-likeness (QED) is 0.210. The van der Waals surface area contributed by atoms with Gasteiger partial charge in [-0.3, -0.25) is 0 Å². The van der Waals surface area contributed by atoms with Crippen molar-refractivity contribution in [1.82, 2.24) is 15.0 Å². The highest BCUT2D eigenvalue weighted by Crippen LogP contribution is 2.37. The van der Waals surface area contributed by atoms with Gasteiger partial charge in [0.15, 0.2) is 17.5 Å². The van der Waals surface area contributed by atoms with Gasteiger partial charge in [-0.15, -0.1) is 0 Å². The lowest BCUT2D eigenvalue weighted by Crippen LogP contribution is -2.00. The van der Waals surface area contributed by atoms with Crippen LogP contribution in [0.3, 0.4) is 0 Å². The Morgan fingerprint density at radius 2 is 0.727 bits per heavy atom. The molecule has 0 radical (unpaired) electrons. The zero-order valence-electron chi connectivity index (χ0n) is 23.9. The number of rotatable bonds is 5. The molecule has 0 saturated heterocycles. The minimum atomic E-state index is 0.647. The SMILES string of the molecule is c1ccc(-c2ccc(-c3nc(-c4ccccc4)nc(-c4cc(-c5cccc6ccccc56)c5ccccc5c4)n3)cc2)cc1. The molecule has 1 aromatic heterocycles. The van der Waals surface area contributed by atoms with E-state index in [4.69, 9.17) is 15.0 Å². The van der Waals surface area contributed by atoms with Crippen molar-refractivity contribution >= 4 is 21.5 Å². The number of hydrogen-bond donors (Lipinski definition) is 0. The van der Waals surface area contributed by atoms with E-state index in [0.29, 0.717) is 17.5 Å². The van der Waals surface area contributed by atoms with Crippen LogP contribution in [-0.2, 0) is 0 Å². The highest BCUT2D eigenvalue weighted by molar-refractivity contribution is 6.07. The fourth-order valence-electron chi connectivity index (χ4n) is 5.92. The van der Waals surface area contributed by atoms with Crippen LogP contribution in [0.5, 0.6) is 0 Å². The molecule has 206 valence electrons. The van der Waals surface area contributed by atoms with Crippen LogP contribution in [-0.4, -0.2) is 15.0 Å². The van der Waals surface area contributed by atoms with Crippen molar-refractivity contribution in [2.45, 2.75) is 0 Å². The Hall–Kier alpha value is -5.93. The third-order valence-corrected chi connectivity index (χ3v) is 8.12. The lowest BCUT2D eigenvalue weighted by molar-refractivity contribution is 1.07. The maximum absolute atomic E-state index is 5.08. The van der Waals surface area contributed by atoms with Gasteiger partial charge in [0.1, 0.15) is 0 Å². The zero-order valence-corrected chi connectivity index (χ0v) is 23.9. The highest BCUT2D eigenvalue weighted by atomic mass is 15.0. The topological polar surface area (TPSA) is 38.7 Å². The Bertz CT molecular complexity index is 2250. The second-order valence-corrected chi connectivity index (χ2v) is 10.9. The van der Waals surface area contributed by atoms with Crippen molar-refractivity contribution in [1.29, 1.82) is 0 Å². The molecule has 0 spiro atoms. The Balaban J connectivity index is 1.33. The van der Waals surface area contributed by atoms with E-state index in [-0.39, 0.29) is 0 Å². The van der Waals surface area contributed by atoms with Gasteiger partial charge in [-0.1, -0.05) is 152 Å². The fraction of sp³-hybridized carbons (Fsp3) is 0. The standard InChI is InChI=1S/C41H27N3/c1-3-12-28(13-4-1)29-22-24-32(25-23-29)40-42-39(31-15-5-2-6-16-31)43-41(44-40)34-26-33-17-8-10-20-36(33)38(27-34)37-21-11-18-30-14-7-9-19-35(30)37/h1-27H. The van der Waals surface area contributed by atoms with Crippen LogP contribution in [0.25, 0.3) is 78.0 Å². The lowest BCUT2D eigenvalue weighted by Gasteiger charge is -2.14. The Morgan fingerprint density at radius 1 is 0.273 bits per heavy atom. The Morgan fingerprint density at radius 3 is 1.41 bits per heavy atom. The smallest absolute Gasteiger partial charge is 0.164 e. The first-order valence-corrected chi connectivity index (χ1v) is 14.8. The number of benzene rings is 7. The first-order chi connectivity index (χ1) is 21.8. The average Bonchev–Trinajstić information content (AvgIpc) is 3.11. The molecule has 0 fully saturated rings. The maximum atomic E-state index is 5.08. The van der Waals surface area contributed by atoms with E-state index in [1.807, 2.05) is 36.4 Å². The lowest BCUT2D eigenvalue weighted by atomic mass is 9.92. The molecule has 0 saturated carbocycles.